The van der Waals surface area contributed by atoms with Gasteiger partial charge in [0, 0.05) is 0 Å². The number of carbonyl (C=O) groups is 1. The van der Waals surface area contributed by atoms with Crippen LogP contribution >= 0.6 is 0 Å². The number of carbonyl (C=O) groups excluding carboxylic acids is 1. The van der Waals surface area contributed by atoms with Crippen molar-refractivity contribution in [2.75, 3.05) is 0 Å². The number of rotatable bonds is 4. The Bertz CT molecular complexity index is 432. The van der Waals surface area contributed by atoms with E-state index in [-0.39, 0.29) is 0 Å². The second kappa shape index (κ2) is 4.46. The van der Waals surface area contributed by atoms with Crippen molar-refractivity contribution in [1.29, 1.82) is 0 Å². The first-order valence-corrected chi connectivity index (χ1v) is 4.59. The summed E-state index contributed by atoms with van der Waals surface area (Å²) in [7, 11) is 0. The SMILES string of the molecule is O=Cc1ccccc1OCc1ccco1. The van der Waals surface area contributed by atoms with E-state index in [9.17, 15) is 4.79 Å². The molecular weight excluding hydrogens is 192 g/mol. The zero-order valence-corrected chi connectivity index (χ0v) is 8.05. The maximum Gasteiger partial charge on any atom is 0.153 e. The lowest BCUT2D eigenvalue weighted by atomic mass is 10.2. The van der Waals surface area contributed by atoms with Crippen molar-refractivity contribution >= 4 is 6.29 Å². The first-order valence-electron chi connectivity index (χ1n) is 4.59. The van der Waals surface area contributed by atoms with Crippen LogP contribution in [-0.2, 0) is 6.61 Å². The van der Waals surface area contributed by atoms with E-state index in [1.54, 1.807) is 30.5 Å². The van der Waals surface area contributed by atoms with E-state index in [1.165, 1.54) is 0 Å². The molecule has 1 aromatic heterocycles. The Hall–Kier alpha value is -2.03. The molecule has 0 aliphatic heterocycles. The van der Waals surface area contributed by atoms with E-state index in [2.05, 4.69) is 0 Å². The first-order chi connectivity index (χ1) is 7.40. The lowest BCUT2D eigenvalue weighted by molar-refractivity contribution is 0.111. The fourth-order valence-electron chi connectivity index (χ4n) is 1.25. The zero-order chi connectivity index (χ0) is 10.5. The summed E-state index contributed by atoms with van der Waals surface area (Å²) in [5.41, 5.74) is 0.545. The highest BCUT2D eigenvalue weighted by Gasteiger charge is 2.02. The summed E-state index contributed by atoms with van der Waals surface area (Å²) in [6.07, 6.45) is 2.36. The third kappa shape index (κ3) is 2.26. The number of furan rings is 1. The van der Waals surface area contributed by atoms with Crippen molar-refractivity contribution in [3.63, 3.8) is 0 Å². The van der Waals surface area contributed by atoms with E-state index < -0.39 is 0 Å². The molecule has 0 aliphatic rings. The summed E-state index contributed by atoms with van der Waals surface area (Å²) < 4.78 is 10.6. The lowest BCUT2D eigenvalue weighted by Gasteiger charge is -2.05. The Balaban J connectivity index is 2.07. The molecule has 3 nitrogen and oxygen atoms in total. The van der Waals surface area contributed by atoms with Gasteiger partial charge in [-0.1, -0.05) is 12.1 Å². The second-order valence-corrected chi connectivity index (χ2v) is 3.02. The van der Waals surface area contributed by atoms with Gasteiger partial charge in [-0.2, -0.15) is 0 Å². The summed E-state index contributed by atoms with van der Waals surface area (Å²) in [6, 6.07) is 10.7. The number of ether oxygens (including phenoxy) is 1. The molecule has 0 bridgehead atoms. The van der Waals surface area contributed by atoms with Gasteiger partial charge >= 0.3 is 0 Å². The van der Waals surface area contributed by atoms with Crippen LogP contribution in [0.4, 0.5) is 0 Å². The summed E-state index contributed by atoms with van der Waals surface area (Å²) in [5.74, 6) is 1.31. The van der Waals surface area contributed by atoms with Gasteiger partial charge < -0.3 is 9.15 Å². The third-order valence-electron chi connectivity index (χ3n) is 2.00. The quantitative estimate of drug-likeness (QED) is 0.715. The van der Waals surface area contributed by atoms with Gasteiger partial charge in [0.15, 0.2) is 6.29 Å². The van der Waals surface area contributed by atoms with Gasteiger partial charge in [0.1, 0.15) is 18.1 Å². The molecular formula is C12H10O3. The van der Waals surface area contributed by atoms with Crippen molar-refractivity contribution < 1.29 is 13.9 Å². The highest BCUT2D eigenvalue weighted by molar-refractivity contribution is 5.79. The molecule has 15 heavy (non-hydrogen) atoms. The van der Waals surface area contributed by atoms with Gasteiger partial charge in [0.2, 0.25) is 0 Å². The molecule has 0 unspecified atom stereocenters. The molecule has 0 radical (unpaired) electrons. The summed E-state index contributed by atoms with van der Waals surface area (Å²) in [4.78, 5) is 10.7. The highest BCUT2D eigenvalue weighted by atomic mass is 16.5. The number of para-hydroxylation sites is 1. The molecule has 0 amide bonds. The van der Waals surface area contributed by atoms with Crippen molar-refractivity contribution in [2.24, 2.45) is 0 Å². The van der Waals surface area contributed by atoms with Crippen molar-refractivity contribution in [3.8, 4) is 5.75 Å². The van der Waals surface area contributed by atoms with Gasteiger partial charge in [-0.25, -0.2) is 0 Å². The van der Waals surface area contributed by atoms with Crippen LogP contribution in [0, 0.1) is 0 Å². The molecule has 1 aromatic carbocycles. The molecule has 0 saturated heterocycles. The monoisotopic (exact) mass is 202 g/mol. The summed E-state index contributed by atoms with van der Waals surface area (Å²) in [6.45, 7) is 0.331. The number of hydrogen-bond donors (Lipinski definition) is 0. The minimum absolute atomic E-state index is 0.331. The second-order valence-electron chi connectivity index (χ2n) is 3.02. The van der Waals surface area contributed by atoms with E-state index in [4.69, 9.17) is 9.15 Å². The number of aldehydes is 1. The standard InChI is InChI=1S/C12H10O3/c13-8-10-4-1-2-6-12(10)15-9-11-5-3-7-14-11/h1-8H,9H2. The van der Waals surface area contributed by atoms with Crippen LogP contribution < -0.4 is 4.74 Å². The van der Waals surface area contributed by atoms with E-state index in [0.29, 0.717) is 17.9 Å². The van der Waals surface area contributed by atoms with E-state index in [0.717, 1.165) is 12.0 Å². The molecule has 2 rings (SSSR count). The minimum Gasteiger partial charge on any atom is -0.485 e. The van der Waals surface area contributed by atoms with Gasteiger partial charge in [-0.15, -0.1) is 0 Å². The zero-order valence-electron chi connectivity index (χ0n) is 8.05. The molecule has 0 saturated carbocycles. The van der Waals surface area contributed by atoms with Crippen LogP contribution in [0.3, 0.4) is 0 Å². The smallest absolute Gasteiger partial charge is 0.153 e. The van der Waals surface area contributed by atoms with Crippen LogP contribution in [0.1, 0.15) is 16.1 Å². The molecule has 0 fully saturated rings. The summed E-state index contributed by atoms with van der Waals surface area (Å²) >= 11 is 0. The molecule has 0 atom stereocenters. The Labute approximate surface area is 87.3 Å². The lowest BCUT2D eigenvalue weighted by Crippen LogP contribution is -1.96. The first kappa shape index (κ1) is 9.52. The van der Waals surface area contributed by atoms with Crippen molar-refractivity contribution in [1.82, 2.24) is 0 Å². The average molecular weight is 202 g/mol. The predicted octanol–water partition coefficient (Wildman–Crippen LogP) is 2.67. The van der Waals surface area contributed by atoms with Gasteiger partial charge in [-0.05, 0) is 24.3 Å². The van der Waals surface area contributed by atoms with Crippen LogP contribution in [-0.4, -0.2) is 6.29 Å². The molecule has 0 spiro atoms. The topological polar surface area (TPSA) is 39.4 Å². The fourth-order valence-corrected chi connectivity index (χ4v) is 1.25. The summed E-state index contributed by atoms with van der Waals surface area (Å²) in [5, 5.41) is 0. The largest absolute Gasteiger partial charge is 0.485 e. The minimum atomic E-state index is 0.331. The maximum atomic E-state index is 10.7. The van der Waals surface area contributed by atoms with Gasteiger partial charge in [-0.3, -0.25) is 4.79 Å². The van der Waals surface area contributed by atoms with Crippen LogP contribution in [0.2, 0.25) is 0 Å². The molecule has 1 heterocycles. The van der Waals surface area contributed by atoms with Crippen LogP contribution in [0.25, 0.3) is 0 Å². The van der Waals surface area contributed by atoms with Crippen molar-refractivity contribution in [2.45, 2.75) is 6.61 Å². The maximum absolute atomic E-state index is 10.7. The molecule has 2 aromatic rings. The normalized spacial score (nSPS) is 9.87. The molecule has 3 heteroatoms. The van der Waals surface area contributed by atoms with Gasteiger partial charge in [0.25, 0.3) is 0 Å². The van der Waals surface area contributed by atoms with E-state index >= 15 is 0 Å². The van der Waals surface area contributed by atoms with E-state index in [1.807, 2.05) is 12.1 Å². The van der Waals surface area contributed by atoms with Crippen LogP contribution in [0.15, 0.2) is 47.1 Å². The number of hydrogen-bond acceptors (Lipinski definition) is 3. The predicted molar refractivity (Wildman–Crippen MR) is 54.9 cm³/mol. The molecule has 0 aliphatic carbocycles. The highest BCUT2D eigenvalue weighted by Crippen LogP contribution is 2.17. The van der Waals surface area contributed by atoms with Gasteiger partial charge in [0.05, 0.1) is 11.8 Å². The average Bonchev–Trinajstić information content (AvgIpc) is 2.79. The Morgan fingerprint density at radius 2 is 2.07 bits per heavy atom. The van der Waals surface area contributed by atoms with Crippen LogP contribution in [0.5, 0.6) is 5.75 Å². The molecule has 76 valence electrons. The Morgan fingerprint density at radius 1 is 1.20 bits per heavy atom. The Morgan fingerprint density at radius 3 is 2.80 bits per heavy atom. The fraction of sp³-hybridized carbons (Fsp3) is 0.0833. The number of benzene rings is 1. The third-order valence-corrected chi connectivity index (χ3v) is 2.00. The molecule has 0 N–H and O–H groups in total. The van der Waals surface area contributed by atoms with Crippen molar-refractivity contribution in [3.05, 3.63) is 54.0 Å². The Kier molecular flexibility index (Phi) is 2.83.